The molecule has 0 saturated carbocycles. The summed E-state index contributed by atoms with van der Waals surface area (Å²) < 4.78 is 17.4. The largest absolute Gasteiger partial charge is 0.472 e. The Morgan fingerprint density at radius 1 is 1.35 bits per heavy atom. The highest BCUT2D eigenvalue weighted by Crippen LogP contribution is 2.53. The van der Waals surface area contributed by atoms with E-state index >= 15 is 0 Å². The Bertz CT molecular complexity index is 737. The summed E-state index contributed by atoms with van der Waals surface area (Å²) in [4.78, 5) is 12.3. The summed E-state index contributed by atoms with van der Waals surface area (Å²) in [6.07, 6.45) is 8.77. The van der Waals surface area contributed by atoms with E-state index in [0.29, 0.717) is 6.61 Å². The molecule has 0 radical (unpaired) electrons. The Morgan fingerprint density at radius 3 is 2.69 bits per heavy atom. The van der Waals surface area contributed by atoms with Crippen molar-refractivity contribution in [3.63, 3.8) is 0 Å². The van der Waals surface area contributed by atoms with E-state index in [4.69, 9.17) is 13.6 Å². The Balaban J connectivity index is 1.88. The fourth-order valence-corrected chi connectivity index (χ4v) is 4.51. The van der Waals surface area contributed by atoms with E-state index in [9.17, 15) is 4.79 Å². The Kier molecular flexibility index (Phi) is 4.82. The van der Waals surface area contributed by atoms with Crippen molar-refractivity contribution in [1.82, 2.24) is 0 Å². The standard InChI is InChI=1S/C21H30O4Si/c1-20(2,3)26(5,6)24-14-15-8-7-10-21(4)17(15)12-18(22)25-19(21)16-9-11-23-13-16/h8-9,11-13,19H,7,10,14H2,1-6H3/t19-,21+/m0/s1. The first-order valence-corrected chi connectivity index (χ1v) is 12.2. The number of allylic oxidation sites excluding steroid dienone is 1. The number of carbonyl (C=O) groups is 1. The third kappa shape index (κ3) is 3.34. The van der Waals surface area contributed by atoms with Gasteiger partial charge < -0.3 is 13.6 Å². The lowest BCUT2D eigenvalue weighted by molar-refractivity contribution is -0.152. The molecule has 1 aliphatic heterocycles. The summed E-state index contributed by atoms with van der Waals surface area (Å²) in [5.74, 6) is -0.288. The smallest absolute Gasteiger partial charge is 0.331 e. The molecular weight excluding hydrogens is 344 g/mol. The minimum Gasteiger partial charge on any atom is -0.472 e. The minimum atomic E-state index is -1.86. The Morgan fingerprint density at radius 2 is 2.08 bits per heavy atom. The molecule has 0 unspecified atom stereocenters. The second kappa shape index (κ2) is 6.53. The van der Waals surface area contributed by atoms with Crippen molar-refractivity contribution in [3.05, 3.63) is 47.5 Å². The van der Waals surface area contributed by atoms with Gasteiger partial charge in [-0.2, -0.15) is 0 Å². The van der Waals surface area contributed by atoms with Crippen LogP contribution in [0.3, 0.4) is 0 Å². The number of fused-ring (bicyclic) bond motifs is 1. The maximum absolute atomic E-state index is 12.3. The molecule has 0 N–H and O–H groups in total. The average Bonchev–Trinajstić information content (AvgIpc) is 3.06. The first-order valence-electron chi connectivity index (χ1n) is 9.33. The molecule has 0 fully saturated rings. The molecule has 0 spiro atoms. The molecule has 3 rings (SSSR count). The zero-order valence-electron chi connectivity index (χ0n) is 16.7. The van der Waals surface area contributed by atoms with Crippen LogP contribution < -0.4 is 0 Å². The van der Waals surface area contributed by atoms with Crippen molar-refractivity contribution in [2.24, 2.45) is 5.41 Å². The lowest BCUT2D eigenvalue weighted by Gasteiger charge is -2.45. The number of esters is 1. The van der Waals surface area contributed by atoms with Gasteiger partial charge in [0.25, 0.3) is 0 Å². The molecule has 26 heavy (non-hydrogen) atoms. The van der Waals surface area contributed by atoms with Crippen LogP contribution in [-0.4, -0.2) is 20.9 Å². The predicted octanol–water partition coefficient (Wildman–Crippen LogP) is 5.55. The van der Waals surface area contributed by atoms with E-state index in [0.717, 1.165) is 29.6 Å². The summed E-state index contributed by atoms with van der Waals surface area (Å²) in [5.41, 5.74) is 2.86. The first kappa shape index (κ1) is 19.2. The van der Waals surface area contributed by atoms with Crippen molar-refractivity contribution >= 4 is 14.3 Å². The van der Waals surface area contributed by atoms with Crippen LogP contribution in [0.25, 0.3) is 0 Å². The SMILES string of the molecule is CC(C)(C)[Si](C)(C)OCC1=CCC[C@]2(C)C1=CC(=O)O[C@H]2c1ccoc1. The fourth-order valence-electron chi connectivity index (χ4n) is 3.56. The van der Waals surface area contributed by atoms with Crippen LogP contribution >= 0.6 is 0 Å². The van der Waals surface area contributed by atoms with Gasteiger partial charge >= 0.3 is 5.97 Å². The quantitative estimate of drug-likeness (QED) is 0.512. The summed E-state index contributed by atoms with van der Waals surface area (Å²) in [7, 11) is -1.86. The second-order valence-corrected chi connectivity index (χ2v) is 14.0. The number of furan rings is 1. The van der Waals surface area contributed by atoms with E-state index in [-0.39, 0.29) is 22.5 Å². The molecule has 1 aromatic rings. The summed E-state index contributed by atoms with van der Waals surface area (Å²) in [6, 6.07) is 1.89. The summed E-state index contributed by atoms with van der Waals surface area (Å²) in [6.45, 7) is 14.0. The van der Waals surface area contributed by atoms with Gasteiger partial charge in [-0.05, 0) is 48.2 Å². The van der Waals surface area contributed by atoms with Gasteiger partial charge in [-0.3, -0.25) is 0 Å². The van der Waals surface area contributed by atoms with Gasteiger partial charge in [0.15, 0.2) is 8.32 Å². The van der Waals surface area contributed by atoms with Crippen molar-refractivity contribution in [3.8, 4) is 0 Å². The third-order valence-corrected chi connectivity index (χ3v) is 10.8. The van der Waals surface area contributed by atoms with Crippen LogP contribution in [0.4, 0.5) is 0 Å². The molecule has 5 heteroatoms. The molecule has 1 aromatic heterocycles. The van der Waals surface area contributed by atoms with Crippen molar-refractivity contribution < 1.29 is 18.4 Å². The lowest BCUT2D eigenvalue weighted by atomic mass is 9.65. The highest BCUT2D eigenvalue weighted by molar-refractivity contribution is 6.74. The van der Waals surface area contributed by atoms with E-state index in [1.54, 1.807) is 18.6 Å². The van der Waals surface area contributed by atoms with Gasteiger partial charge in [0.2, 0.25) is 0 Å². The van der Waals surface area contributed by atoms with Gasteiger partial charge in [0, 0.05) is 17.1 Å². The van der Waals surface area contributed by atoms with E-state index in [1.807, 2.05) is 6.07 Å². The minimum absolute atomic E-state index is 0.157. The number of rotatable bonds is 4. The van der Waals surface area contributed by atoms with Crippen LogP contribution in [-0.2, 0) is 14.0 Å². The predicted molar refractivity (Wildman–Crippen MR) is 104 cm³/mol. The highest BCUT2D eigenvalue weighted by Gasteiger charge is 2.47. The number of hydrogen-bond donors (Lipinski definition) is 0. The van der Waals surface area contributed by atoms with Crippen LogP contribution in [0.1, 0.15) is 52.2 Å². The van der Waals surface area contributed by atoms with Gasteiger partial charge in [-0.1, -0.05) is 33.8 Å². The maximum atomic E-state index is 12.3. The van der Waals surface area contributed by atoms with Gasteiger partial charge in [-0.25, -0.2) is 4.79 Å². The lowest BCUT2D eigenvalue weighted by Crippen LogP contribution is -2.43. The highest BCUT2D eigenvalue weighted by atomic mass is 28.4. The molecule has 2 atom stereocenters. The van der Waals surface area contributed by atoms with Crippen molar-refractivity contribution in [1.29, 1.82) is 0 Å². The van der Waals surface area contributed by atoms with Crippen LogP contribution in [0.15, 0.2) is 46.3 Å². The molecule has 4 nitrogen and oxygen atoms in total. The Hall–Kier alpha value is -1.59. The molecular formula is C21H30O4Si. The van der Waals surface area contributed by atoms with Crippen molar-refractivity contribution in [2.45, 2.75) is 64.8 Å². The summed E-state index contributed by atoms with van der Waals surface area (Å²) in [5, 5.41) is 0.157. The maximum Gasteiger partial charge on any atom is 0.331 e. The molecule has 0 aromatic carbocycles. The summed E-state index contributed by atoms with van der Waals surface area (Å²) >= 11 is 0. The molecule has 0 amide bonds. The topological polar surface area (TPSA) is 48.7 Å². The number of ether oxygens (including phenoxy) is 1. The molecule has 142 valence electrons. The van der Waals surface area contributed by atoms with E-state index in [1.165, 1.54) is 0 Å². The normalized spacial score (nSPS) is 26.7. The van der Waals surface area contributed by atoms with Crippen LogP contribution in [0.2, 0.25) is 18.1 Å². The van der Waals surface area contributed by atoms with Gasteiger partial charge in [0.05, 0.1) is 19.1 Å². The number of cyclic esters (lactones) is 1. The van der Waals surface area contributed by atoms with E-state index < -0.39 is 8.32 Å². The second-order valence-electron chi connectivity index (χ2n) is 9.17. The molecule has 0 saturated heterocycles. The number of hydrogen-bond acceptors (Lipinski definition) is 4. The van der Waals surface area contributed by atoms with Gasteiger partial charge in [0.1, 0.15) is 6.10 Å². The monoisotopic (exact) mass is 374 g/mol. The Labute approximate surface area is 157 Å². The van der Waals surface area contributed by atoms with E-state index in [2.05, 4.69) is 46.9 Å². The zero-order valence-corrected chi connectivity index (χ0v) is 17.7. The molecule has 2 aliphatic rings. The average molecular weight is 375 g/mol. The zero-order chi connectivity index (χ0) is 19.2. The molecule has 0 bridgehead atoms. The number of carbonyl (C=O) groups excluding carboxylic acids is 1. The van der Waals surface area contributed by atoms with Crippen molar-refractivity contribution in [2.75, 3.05) is 6.61 Å². The van der Waals surface area contributed by atoms with Crippen LogP contribution in [0.5, 0.6) is 0 Å². The molecule has 2 heterocycles. The van der Waals surface area contributed by atoms with Gasteiger partial charge in [-0.15, -0.1) is 0 Å². The van der Waals surface area contributed by atoms with Crippen LogP contribution in [0, 0.1) is 5.41 Å². The fraction of sp³-hybridized carbons (Fsp3) is 0.571. The molecule has 1 aliphatic carbocycles. The third-order valence-electron chi connectivity index (χ3n) is 6.33. The first-order chi connectivity index (χ1) is 12.0.